The van der Waals surface area contributed by atoms with Gasteiger partial charge in [0.1, 0.15) is 46.6 Å². The van der Waals surface area contributed by atoms with Crippen LogP contribution < -0.4 is 24.3 Å². The number of aromatic hydroxyl groups is 1. The van der Waals surface area contributed by atoms with Crippen LogP contribution in [0.3, 0.4) is 0 Å². The third-order valence-corrected chi connectivity index (χ3v) is 21.5. The predicted molar refractivity (Wildman–Crippen MR) is 408 cm³/mol. The van der Waals surface area contributed by atoms with Crippen molar-refractivity contribution in [2.24, 2.45) is 28.6 Å². The van der Waals surface area contributed by atoms with Crippen LogP contribution in [0.25, 0.3) is 10.8 Å². The number of phenols is 1. The number of esters is 1. The van der Waals surface area contributed by atoms with Gasteiger partial charge < -0.3 is 64.0 Å². The molecule has 6 aromatic carbocycles. The van der Waals surface area contributed by atoms with Gasteiger partial charge in [0.05, 0.1) is 51.7 Å². The van der Waals surface area contributed by atoms with Gasteiger partial charge in [0.15, 0.2) is 6.10 Å². The average molecular weight is 1390 g/mol. The Bertz CT molecular complexity index is 3420. The second-order valence-electron chi connectivity index (χ2n) is 28.7. The topological polar surface area (TPSA) is 212 Å². The number of hydrogen-bond donors (Lipinski definition) is 6. The molecule has 15 nitrogen and oxygen atoms in total. The van der Waals surface area contributed by atoms with Gasteiger partial charge in [-0.25, -0.2) is 0 Å². The number of carbonyl (C=O) groups is 2. The molecule has 1 amide bonds. The largest absolute Gasteiger partial charge is 0.507 e. The number of anilines is 1. The number of ether oxygens (including phenoxy) is 7. The number of amides is 1. The zero-order valence-corrected chi connectivity index (χ0v) is 57.7. The lowest BCUT2D eigenvalue weighted by Gasteiger charge is -2.57. The van der Waals surface area contributed by atoms with E-state index in [1.54, 1.807) is 38.5 Å². The summed E-state index contributed by atoms with van der Waals surface area (Å²) in [6.07, 6.45) is 14.7. The lowest BCUT2D eigenvalue weighted by Crippen LogP contribution is -2.48. The number of hydrogen-bond acceptors (Lipinski definition) is 14. The van der Waals surface area contributed by atoms with E-state index in [0.29, 0.717) is 42.4 Å². The quantitative estimate of drug-likeness (QED) is 0.0265. The summed E-state index contributed by atoms with van der Waals surface area (Å²) < 4.78 is 42.8. The molecule has 2 atom stereocenters. The first-order valence-electron chi connectivity index (χ1n) is 34.4. The van der Waals surface area contributed by atoms with Gasteiger partial charge in [0.2, 0.25) is 5.91 Å². The van der Waals surface area contributed by atoms with Crippen molar-refractivity contribution < 1.29 is 68.3 Å². The Balaban J connectivity index is 0.000000421. The van der Waals surface area contributed by atoms with E-state index in [4.69, 9.17) is 33.2 Å². The van der Waals surface area contributed by atoms with Gasteiger partial charge in [-0.05, 0) is 215 Å². The van der Waals surface area contributed by atoms with E-state index in [1.807, 2.05) is 96.1 Å². The molecule has 558 valence electrons. The predicted octanol–water partition coefficient (Wildman–Crippen LogP) is 19.8. The molecule has 15 heteroatoms. The average Bonchev–Trinajstić information content (AvgIpc) is 1.14. The fourth-order valence-corrected chi connectivity index (χ4v) is 15.3. The first-order valence-corrected chi connectivity index (χ1v) is 34.4. The third kappa shape index (κ3) is 19.7. The Hall–Kier alpha value is -6.72. The van der Waals surface area contributed by atoms with Crippen LogP contribution in [0.2, 0.25) is 0 Å². The zero-order valence-electron chi connectivity index (χ0n) is 57.7. The van der Waals surface area contributed by atoms with Crippen LogP contribution in [-0.4, -0.2) is 76.0 Å². The van der Waals surface area contributed by atoms with Gasteiger partial charge in [0, 0.05) is 65.1 Å². The van der Waals surface area contributed by atoms with Crippen LogP contribution >= 0.6 is 0 Å². The minimum atomic E-state index is -0.675. The summed E-state index contributed by atoms with van der Waals surface area (Å²) in [6.45, 7) is 17.6. The summed E-state index contributed by atoms with van der Waals surface area (Å²) in [5.74, 6) is 5.28. The van der Waals surface area contributed by atoms with Gasteiger partial charge in [-0.2, -0.15) is 0 Å². The maximum Gasteiger partial charge on any atom is 0.312 e. The van der Waals surface area contributed by atoms with Crippen LogP contribution in [0.1, 0.15) is 259 Å². The molecule has 6 saturated carbocycles. The van der Waals surface area contributed by atoms with E-state index in [0.717, 1.165) is 102 Å². The van der Waals surface area contributed by atoms with Crippen molar-refractivity contribution in [2.45, 2.75) is 265 Å². The molecule has 6 N–H and O–H groups in total. The van der Waals surface area contributed by atoms with Crippen molar-refractivity contribution in [2.75, 3.05) is 32.8 Å². The summed E-state index contributed by atoms with van der Waals surface area (Å²) >= 11 is 0. The first-order chi connectivity index (χ1) is 45.1. The molecule has 0 heterocycles. The van der Waals surface area contributed by atoms with E-state index in [1.165, 1.54) is 56.1 Å². The van der Waals surface area contributed by atoms with Crippen LogP contribution in [0.4, 0.5) is 5.69 Å². The number of nitrogens with one attached hydrogen (secondary N) is 1. The van der Waals surface area contributed by atoms with E-state index < -0.39 is 49.1 Å². The Morgan fingerprint density at radius 2 is 1.07 bits per heavy atom. The Labute approximate surface area is 602 Å². The number of benzene rings is 6. The molecule has 6 aliphatic carbocycles. The van der Waals surface area contributed by atoms with Gasteiger partial charge >= 0.3 is 5.97 Å². The molecule has 100 heavy (non-hydrogen) atoms. The first kappa shape index (κ1) is 87.5. The molecule has 0 saturated heterocycles. The molecule has 6 bridgehead atoms. The van der Waals surface area contributed by atoms with Gasteiger partial charge in [-0.3, -0.25) is 9.59 Å². The number of carbonyl (C=O) groups excluding carboxylic acids is 2. The van der Waals surface area contributed by atoms with Crippen LogP contribution in [0, 0.1) is 28.6 Å². The highest BCUT2D eigenvalue weighted by Crippen LogP contribution is 2.62. The highest BCUT2D eigenvalue weighted by Gasteiger charge is 2.60. The highest BCUT2D eigenvalue weighted by molar-refractivity contribution is 5.94. The smallest absolute Gasteiger partial charge is 0.312 e. The maximum absolute atomic E-state index is 13.0. The van der Waals surface area contributed by atoms with Crippen molar-refractivity contribution in [3.63, 3.8) is 0 Å². The molecule has 12 rings (SSSR count). The lowest BCUT2D eigenvalue weighted by atomic mass is 9.48. The molecule has 0 aliphatic heterocycles. The summed E-state index contributed by atoms with van der Waals surface area (Å²) in [7, 11) is 3.56. The van der Waals surface area contributed by atoms with E-state index >= 15 is 0 Å². The van der Waals surface area contributed by atoms with Crippen LogP contribution in [0.15, 0.2) is 103 Å². The molecular weight excluding hydrogens is 1260 g/mol. The Morgan fingerprint density at radius 1 is 0.580 bits per heavy atom. The van der Waals surface area contributed by atoms with E-state index in [2.05, 4.69) is 50.4 Å². The standard InChI is InChI=1S/C34H39NO8.C33H48O5.C12H18O.6CH4/c1-4-34(2,3)33(41)35-24-11-13-25(14-12-24)43-30(23-10-9-21-7-5-6-8-22(21)15-23)20-42-32-28(18-38)26(16-36)31(40)27(17-37)29(32)19-39;1-6-30(2,3)29(34)38-33-9-7-32(21-33,8-10-33)37-28-25(19-35-4)14-27(15-26(28)20-36-5)31-16-22-11-23(17-31)13-24(12-22)18-31;1-4-10(3)11-6-8-12(9-7-11)13-5-2;;;;;;/h5-15,30,36-40H,4,16-20H2,1-3H3,(H,35,41);14-15,22-24H,6-13,16-21H2,1-5H3;6-10H,4-5H2,1-3H3;6*1H4. The number of aliphatic hydroxyl groups is 4. The molecule has 6 fully saturated rings. The van der Waals surface area contributed by atoms with Crippen LogP contribution in [0.5, 0.6) is 28.7 Å². The Kier molecular flexibility index (Phi) is 33.2. The van der Waals surface area contributed by atoms with Crippen molar-refractivity contribution in [1.29, 1.82) is 0 Å². The number of rotatable bonds is 27. The van der Waals surface area contributed by atoms with E-state index in [9.17, 15) is 35.1 Å². The number of fused-ring (bicyclic) bond motifs is 3. The van der Waals surface area contributed by atoms with Crippen molar-refractivity contribution in [1.82, 2.24) is 0 Å². The third-order valence-electron chi connectivity index (χ3n) is 21.5. The zero-order chi connectivity index (χ0) is 67.6. The summed E-state index contributed by atoms with van der Waals surface area (Å²) in [5, 5.41) is 55.6. The molecule has 0 spiro atoms. The summed E-state index contributed by atoms with van der Waals surface area (Å²) in [4.78, 5) is 25.6. The number of aliphatic hydroxyl groups excluding tert-OH is 4. The van der Waals surface area contributed by atoms with Gasteiger partial charge in [-0.1, -0.05) is 135 Å². The molecule has 0 aromatic heterocycles. The molecule has 6 aromatic rings. The highest BCUT2D eigenvalue weighted by atomic mass is 16.6. The normalized spacial score (nSPS) is 21.0. The Morgan fingerprint density at radius 3 is 1.55 bits per heavy atom. The second-order valence-corrected chi connectivity index (χ2v) is 28.7. The molecule has 6 aliphatic rings. The fraction of sp³-hybridized carbons (Fsp3) is 0.576. The van der Waals surface area contributed by atoms with Crippen molar-refractivity contribution in [3.8, 4) is 28.7 Å². The fourth-order valence-electron chi connectivity index (χ4n) is 15.3. The summed E-state index contributed by atoms with van der Waals surface area (Å²) in [5.41, 5.74) is 5.51. The molecule has 0 radical (unpaired) electrons. The summed E-state index contributed by atoms with van der Waals surface area (Å²) in [6, 6.07) is 34.0. The SMILES string of the molecule is C.C.C.C.C.C.CCC(C)(C)C(=O)Nc1ccc(OC(COc2c(CO)c(CO)c(O)c(CO)c2CO)c2ccc3ccccc3c2)cc1.CCC(C)(C)C(=O)OC12CCC(Oc3c(COC)cc(C45CC6CC(CC(C6)C4)C5)cc3COC)(CC1)C2.CCOc1ccc(C(C)CC)cc1. The van der Waals surface area contributed by atoms with Crippen LogP contribution in [-0.2, 0) is 68.9 Å². The molecule has 2 unspecified atom stereocenters. The second kappa shape index (κ2) is 38.0. The minimum Gasteiger partial charge on any atom is -0.507 e. The van der Waals surface area contributed by atoms with Gasteiger partial charge in [0.25, 0.3) is 0 Å². The van der Waals surface area contributed by atoms with Crippen molar-refractivity contribution >= 4 is 28.3 Å². The number of methoxy groups -OCH3 is 2. The van der Waals surface area contributed by atoms with E-state index in [-0.39, 0.29) is 102 Å². The lowest BCUT2D eigenvalue weighted by molar-refractivity contribution is -0.170. The monoisotopic (exact) mass is 1390 g/mol. The van der Waals surface area contributed by atoms with Gasteiger partial charge in [-0.15, -0.1) is 0 Å². The maximum atomic E-state index is 13.0. The minimum absolute atomic E-state index is 0. The van der Waals surface area contributed by atoms with Crippen molar-refractivity contribution in [3.05, 3.63) is 153 Å². The molecular formula is C85H129NO14.